The molecule has 0 atom stereocenters. The van der Waals surface area contributed by atoms with Crippen molar-refractivity contribution in [2.24, 2.45) is 0 Å². The van der Waals surface area contributed by atoms with Gasteiger partial charge in [0.1, 0.15) is 6.61 Å². The summed E-state index contributed by atoms with van der Waals surface area (Å²) in [4.78, 5) is 25.8. The molecular weight excluding hydrogens is 527 g/mol. The number of nitrogens with one attached hydrogen (secondary N) is 1. The number of thioether (sulfide) groups is 1. The minimum absolute atomic E-state index is 0.211. The smallest absolute Gasteiger partial charge is 0.285 e. The van der Waals surface area contributed by atoms with Gasteiger partial charge in [-0.15, -0.1) is 0 Å². The Bertz CT molecular complexity index is 1350. The molecule has 0 bridgehead atoms. The highest BCUT2D eigenvalue weighted by Gasteiger charge is 2.33. The maximum atomic E-state index is 12.9. The maximum absolute atomic E-state index is 12.9. The van der Waals surface area contributed by atoms with Crippen LogP contribution >= 0.6 is 47.2 Å². The molecule has 35 heavy (non-hydrogen) atoms. The lowest BCUT2D eigenvalue weighted by Gasteiger charge is -2.15. The van der Waals surface area contributed by atoms with E-state index in [0.29, 0.717) is 37.6 Å². The van der Waals surface area contributed by atoms with Crippen LogP contribution in [0, 0.1) is 0 Å². The molecule has 1 fully saturated rings. The van der Waals surface area contributed by atoms with Crippen molar-refractivity contribution < 1.29 is 19.1 Å². The highest BCUT2D eigenvalue weighted by Crippen LogP contribution is 2.34. The summed E-state index contributed by atoms with van der Waals surface area (Å²) in [7, 11) is 1.53. The number of methoxy groups -OCH3 is 1. The van der Waals surface area contributed by atoms with E-state index >= 15 is 0 Å². The van der Waals surface area contributed by atoms with E-state index in [4.69, 9.17) is 44.9 Å². The predicted octanol–water partition coefficient (Wildman–Crippen LogP) is 6.13. The first kappa shape index (κ1) is 25.1. The topological polar surface area (TPSA) is 67.9 Å². The van der Waals surface area contributed by atoms with Crippen LogP contribution in [0.5, 0.6) is 11.5 Å². The van der Waals surface area contributed by atoms with Crippen molar-refractivity contribution in [2.45, 2.75) is 6.61 Å². The SMILES string of the molecule is COc1cc(/C=C2\SC(=S)N(NC(=O)c3cccc(Cl)c3)C2=O)ccc1OCc1ccccc1Cl. The Labute approximate surface area is 221 Å². The molecule has 0 aliphatic carbocycles. The minimum atomic E-state index is -0.494. The third-order valence-corrected chi connectivity index (χ3v) is 6.83. The number of amides is 2. The van der Waals surface area contributed by atoms with Gasteiger partial charge in [-0.3, -0.25) is 15.0 Å². The predicted molar refractivity (Wildman–Crippen MR) is 143 cm³/mol. The lowest BCUT2D eigenvalue weighted by molar-refractivity contribution is -0.123. The quantitative estimate of drug-likeness (QED) is 0.285. The number of carbonyl (C=O) groups is 2. The number of benzene rings is 3. The molecule has 0 unspecified atom stereocenters. The van der Waals surface area contributed by atoms with Crippen LogP contribution in [0.25, 0.3) is 6.08 Å². The van der Waals surface area contributed by atoms with Gasteiger partial charge < -0.3 is 9.47 Å². The Hall–Kier alpha value is -3.04. The Kier molecular flexibility index (Phi) is 7.97. The number of hydrogen-bond acceptors (Lipinski definition) is 6. The lowest BCUT2D eigenvalue weighted by atomic mass is 10.2. The van der Waals surface area contributed by atoms with Gasteiger partial charge in [0.25, 0.3) is 11.8 Å². The maximum Gasteiger partial charge on any atom is 0.285 e. The number of thiocarbonyl (C=S) groups is 1. The van der Waals surface area contributed by atoms with E-state index in [1.807, 2.05) is 18.2 Å². The Balaban J connectivity index is 1.47. The molecule has 1 heterocycles. The molecule has 1 saturated heterocycles. The highest BCUT2D eigenvalue weighted by atomic mass is 35.5. The number of rotatable bonds is 7. The molecule has 0 radical (unpaired) electrons. The normalized spacial score (nSPS) is 14.4. The molecule has 1 aliphatic heterocycles. The van der Waals surface area contributed by atoms with Gasteiger partial charge in [0.05, 0.1) is 12.0 Å². The second-order valence-electron chi connectivity index (χ2n) is 7.26. The number of ether oxygens (including phenoxy) is 2. The fourth-order valence-electron chi connectivity index (χ4n) is 3.18. The third kappa shape index (κ3) is 5.97. The standard InChI is InChI=1S/C25H18Cl2N2O4S2/c1-32-21-11-15(9-10-20(21)33-14-17-5-2-3-8-19(17)27)12-22-24(31)29(25(34)35-22)28-23(30)16-6-4-7-18(26)13-16/h2-13H,14H2,1H3,(H,28,30)/b22-12-. The van der Waals surface area contributed by atoms with Crippen molar-refractivity contribution in [1.29, 1.82) is 0 Å². The summed E-state index contributed by atoms with van der Waals surface area (Å²) in [6.07, 6.45) is 1.67. The van der Waals surface area contributed by atoms with Crippen LogP contribution in [-0.4, -0.2) is 28.3 Å². The van der Waals surface area contributed by atoms with Crippen molar-refractivity contribution in [2.75, 3.05) is 7.11 Å². The molecule has 1 N–H and O–H groups in total. The zero-order chi connectivity index (χ0) is 24.9. The summed E-state index contributed by atoms with van der Waals surface area (Å²) in [5.74, 6) is 0.0987. The van der Waals surface area contributed by atoms with E-state index in [0.717, 1.165) is 22.3 Å². The Morgan fingerprint density at radius 2 is 1.89 bits per heavy atom. The van der Waals surface area contributed by atoms with Gasteiger partial charge in [0, 0.05) is 21.2 Å². The van der Waals surface area contributed by atoms with Crippen molar-refractivity contribution in [3.05, 3.63) is 98.4 Å². The van der Waals surface area contributed by atoms with Crippen LogP contribution in [0.4, 0.5) is 0 Å². The number of nitrogens with zero attached hydrogens (tertiary/aromatic N) is 1. The molecule has 0 aromatic heterocycles. The fourth-order valence-corrected chi connectivity index (χ4v) is 4.74. The van der Waals surface area contributed by atoms with Gasteiger partial charge in [-0.05, 0) is 60.3 Å². The van der Waals surface area contributed by atoms with Crippen molar-refractivity contribution in [3.63, 3.8) is 0 Å². The van der Waals surface area contributed by atoms with Crippen LogP contribution in [0.3, 0.4) is 0 Å². The van der Waals surface area contributed by atoms with Crippen LogP contribution in [-0.2, 0) is 11.4 Å². The molecule has 3 aromatic carbocycles. The minimum Gasteiger partial charge on any atom is -0.493 e. The molecule has 2 amide bonds. The third-order valence-electron chi connectivity index (χ3n) is 4.92. The number of carbonyl (C=O) groups excluding carboxylic acids is 2. The lowest BCUT2D eigenvalue weighted by Crippen LogP contribution is -2.44. The zero-order valence-electron chi connectivity index (χ0n) is 18.3. The summed E-state index contributed by atoms with van der Waals surface area (Å²) < 4.78 is 11.6. The van der Waals surface area contributed by atoms with E-state index in [1.165, 1.54) is 13.2 Å². The second kappa shape index (κ2) is 11.1. The Morgan fingerprint density at radius 1 is 1.09 bits per heavy atom. The molecule has 4 rings (SSSR count). The van der Waals surface area contributed by atoms with Crippen LogP contribution in [0.15, 0.2) is 71.6 Å². The first-order chi connectivity index (χ1) is 16.9. The van der Waals surface area contributed by atoms with Gasteiger partial charge in [0.2, 0.25) is 0 Å². The molecule has 10 heteroatoms. The average molecular weight is 545 g/mol. The van der Waals surface area contributed by atoms with Gasteiger partial charge in [0.15, 0.2) is 15.8 Å². The molecule has 0 spiro atoms. The van der Waals surface area contributed by atoms with Gasteiger partial charge in [-0.1, -0.05) is 65.3 Å². The van der Waals surface area contributed by atoms with Crippen molar-refractivity contribution >= 4 is 69.4 Å². The van der Waals surface area contributed by atoms with E-state index in [-0.39, 0.29) is 10.9 Å². The van der Waals surface area contributed by atoms with E-state index < -0.39 is 11.8 Å². The highest BCUT2D eigenvalue weighted by molar-refractivity contribution is 8.26. The molecule has 0 saturated carbocycles. The van der Waals surface area contributed by atoms with Crippen LogP contribution in [0.1, 0.15) is 21.5 Å². The van der Waals surface area contributed by atoms with Gasteiger partial charge in [-0.25, -0.2) is 0 Å². The largest absolute Gasteiger partial charge is 0.493 e. The van der Waals surface area contributed by atoms with Gasteiger partial charge >= 0.3 is 0 Å². The van der Waals surface area contributed by atoms with Crippen molar-refractivity contribution in [3.8, 4) is 11.5 Å². The summed E-state index contributed by atoms with van der Waals surface area (Å²) in [5.41, 5.74) is 4.40. The summed E-state index contributed by atoms with van der Waals surface area (Å²) in [6, 6.07) is 19.1. The van der Waals surface area contributed by atoms with Crippen molar-refractivity contribution in [1.82, 2.24) is 10.4 Å². The summed E-state index contributed by atoms with van der Waals surface area (Å²) in [6.45, 7) is 0.278. The first-order valence-corrected chi connectivity index (χ1v) is 12.2. The molecule has 3 aromatic rings. The van der Waals surface area contributed by atoms with E-state index in [2.05, 4.69) is 5.43 Å². The Morgan fingerprint density at radius 3 is 2.63 bits per heavy atom. The molecule has 178 valence electrons. The molecule has 6 nitrogen and oxygen atoms in total. The molecular formula is C25H18Cl2N2O4S2. The number of halogens is 2. The second-order valence-corrected chi connectivity index (χ2v) is 9.78. The first-order valence-electron chi connectivity index (χ1n) is 10.2. The number of hydrogen-bond donors (Lipinski definition) is 1. The monoisotopic (exact) mass is 544 g/mol. The fraction of sp³-hybridized carbons (Fsp3) is 0.0800. The number of hydrazine groups is 1. The van der Waals surface area contributed by atoms with E-state index in [9.17, 15) is 9.59 Å². The zero-order valence-corrected chi connectivity index (χ0v) is 21.4. The van der Waals surface area contributed by atoms with Crippen LogP contribution in [0.2, 0.25) is 10.0 Å². The average Bonchev–Trinajstić information content (AvgIpc) is 3.11. The summed E-state index contributed by atoms with van der Waals surface area (Å²) in [5, 5.41) is 2.08. The van der Waals surface area contributed by atoms with Crippen LogP contribution < -0.4 is 14.9 Å². The van der Waals surface area contributed by atoms with Gasteiger partial charge in [-0.2, -0.15) is 5.01 Å². The van der Waals surface area contributed by atoms with E-state index in [1.54, 1.807) is 48.5 Å². The molecule has 1 aliphatic rings. The summed E-state index contributed by atoms with van der Waals surface area (Å²) >= 11 is 18.5.